The van der Waals surface area contributed by atoms with Gasteiger partial charge in [0, 0.05) is 0 Å². The van der Waals surface area contributed by atoms with Crippen molar-refractivity contribution in [2.45, 2.75) is 6.92 Å². The lowest BCUT2D eigenvalue weighted by Gasteiger charge is -1.97. The summed E-state index contributed by atoms with van der Waals surface area (Å²) in [5, 5.41) is 7.83. The molecule has 6 heteroatoms. The summed E-state index contributed by atoms with van der Waals surface area (Å²) in [5.41, 5.74) is 6.11. The summed E-state index contributed by atoms with van der Waals surface area (Å²) >= 11 is 0. The van der Waals surface area contributed by atoms with E-state index in [1.54, 1.807) is 12.4 Å². The van der Waals surface area contributed by atoms with Crippen molar-refractivity contribution < 1.29 is 0 Å². The number of nitrogen functional groups attached to an aromatic ring is 1. The molecule has 2 aromatic heterocycles. The number of rotatable bonds is 1. The first-order chi connectivity index (χ1) is 6.25. The predicted molar refractivity (Wildman–Crippen MR) is 46.1 cm³/mol. The number of hydrogen-bond acceptors (Lipinski definition) is 5. The maximum atomic E-state index is 5.41. The van der Waals surface area contributed by atoms with Crippen LogP contribution in [0.2, 0.25) is 0 Å². The van der Waals surface area contributed by atoms with Crippen molar-refractivity contribution >= 4 is 5.82 Å². The van der Waals surface area contributed by atoms with Gasteiger partial charge in [-0.15, -0.1) is 9.90 Å². The molecule has 0 bridgehead atoms. The van der Waals surface area contributed by atoms with E-state index in [0.717, 1.165) is 0 Å². The summed E-state index contributed by atoms with van der Waals surface area (Å²) < 4.78 is 0. The minimum atomic E-state index is 0.376. The molecule has 0 aliphatic heterocycles. The molecule has 2 heterocycles. The Balaban J connectivity index is 2.41. The van der Waals surface area contributed by atoms with Crippen LogP contribution in [-0.4, -0.2) is 25.0 Å². The van der Waals surface area contributed by atoms with E-state index in [1.165, 1.54) is 11.0 Å². The second kappa shape index (κ2) is 2.81. The van der Waals surface area contributed by atoms with E-state index in [2.05, 4.69) is 20.2 Å². The Morgan fingerprint density at radius 1 is 1.23 bits per heavy atom. The van der Waals surface area contributed by atoms with Gasteiger partial charge in [-0.25, -0.2) is 9.97 Å². The molecule has 0 aliphatic rings. The van der Waals surface area contributed by atoms with Gasteiger partial charge in [0.05, 0.1) is 18.6 Å². The third-order valence-corrected chi connectivity index (χ3v) is 1.51. The molecule has 0 unspecified atom stereocenters. The lowest BCUT2D eigenvalue weighted by Crippen LogP contribution is -2.01. The van der Waals surface area contributed by atoms with Crippen LogP contribution in [0.25, 0.3) is 5.69 Å². The monoisotopic (exact) mass is 176 g/mol. The fourth-order valence-corrected chi connectivity index (χ4v) is 0.888. The molecular weight excluding hydrogens is 168 g/mol. The fraction of sp³-hybridized carbons (Fsp3) is 0.143. The molecule has 13 heavy (non-hydrogen) atoms. The van der Waals surface area contributed by atoms with E-state index in [9.17, 15) is 0 Å². The third kappa shape index (κ3) is 1.46. The highest BCUT2D eigenvalue weighted by Gasteiger charge is 1.99. The molecule has 2 rings (SSSR count). The van der Waals surface area contributed by atoms with E-state index in [1.807, 2.05) is 6.92 Å². The first-order valence-corrected chi connectivity index (χ1v) is 3.72. The number of nitrogens with zero attached hydrogens (tertiary/aromatic N) is 5. The van der Waals surface area contributed by atoms with Crippen molar-refractivity contribution in [3.8, 4) is 5.69 Å². The van der Waals surface area contributed by atoms with Crippen LogP contribution in [0.5, 0.6) is 0 Å². The smallest absolute Gasteiger partial charge is 0.166 e. The van der Waals surface area contributed by atoms with Crippen molar-refractivity contribution in [1.29, 1.82) is 0 Å². The van der Waals surface area contributed by atoms with Gasteiger partial charge in [-0.05, 0) is 6.92 Å². The first-order valence-electron chi connectivity index (χ1n) is 3.72. The van der Waals surface area contributed by atoms with Crippen LogP contribution in [0.15, 0.2) is 18.6 Å². The topological polar surface area (TPSA) is 82.5 Å². The lowest BCUT2D eigenvalue weighted by atomic mass is 10.5. The Morgan fingerprint density at radius 3 is 2.46 bits per heavy atom. The highest BCUT2D eigenvalue weighted by molar-refractivity contribution is 5.26. The minimum Gasteiger partial charge on any atom is -0.381 e. The number of anilines is 1. The normalized spacial score (nSPS) is 10.2. The first kappa shape index (κ1) is 7.66. The van der Waals surface area contributed by atoms with E-state index >= 15 is 0 Å². The molecule has 0 spiro atoms. The number of hydrogen-bond donors (Lipinski definition) is 1. The second-order valence-corrected chi connectivity index (χ2v) is 2.55. The molecule has 0 amide bonds. The van der Waals surface area contributed by atoms with E-state index < -0.39 is 0 Å². The highest BCUT2D eigenvalue weighted by atomic mass is 15.5. The van der Waals surface area contributed by atoms with E-state index in [4.69, 9.17) is 5.73 Å². The van der Waals surface area contributed by atoms with Gasteiger partial charge in [-0.1, -0.05) is 0 Å². The van der Waals surface area contributed by atoms with Crippen LogP contribution in [0, 0.1) is 6.92 Å². The molecule has 0 aromatic carbocycles. The molecule has 0 saturated heterocycles. The number of nitrogens with two attached hydrogens (primary N) is 1. The molecule has 0 saturated carbocycles. The number of aryl methyl sites for hydroxylation is 1. The minimum absolute atomic E-state index is 0.376. The summed E-state index contributed by atoms with van der Waals surface area (Å²) in [6.07, 6.45) is 4.75. The van der Waals surface area contributed by atoms with Crippen LogP contribution in [0.1, 0.15) is 5.82 Å². The molecule has 0 aliphatic carbocycles. The SMILES string of the molecule is Cc1ncc(-n2ncc(N)n2)cn1. The quantitative estimate of drug-likeness (QED) is 0.658. The molecular formula is C7H8N6. The van der Waals surface area contributed by atoms with Crippen LogP contribution >= 0.6 is 0 Å². The van der Waals surface area contributed by atoms with Crippen LogP contribution in [0.4, 0.5) is 5.82 Å². The summed E-state index contributed by atoms with van der Waals surface area (Å²) in [6, 6.07) is 0. The Morgan fingerprint density at radius 2 is 1.92 bits per heavy atom. The Kier molecular flexibility index (Phi) is 1.66. The van der Waals surface area contributed by atoms with Gasteiger partial charge < -0.3 is 5.73 Å². The molecule has 0 radical (unpaired) electrons. The Labute approximate surface area is 74.4 Å². The van der Waals surface area contributed by atoms with Gasteiger partial charge in [-0.3, -0.25) is 0 Å². The lowest BCUT2D eigenvalue weighted by molar-refractivity contribution is 0.743. The molecule has 2 N–H and O–H groups in total. The largest absolute Gasteiger partial charge is 0.381 e. The van der Waals surface area contributed by atoms with Gasteiger partial charge in [-0.2, -0.15) is 5.10 Å². The van der Waals surface area contributed by atoms with Gasteiger partial charge in [0.2, 0.25) is 0 Å². The van der Waals surface area contributed by atoms with Crippen LogP contribution < -0.4 is 5.73 Å². The van der Waals surface area contributed by atoms with Crippen LogP contribution in [-0.2, 0) is 0 Å². The van der Waals surface area contributed by atoms with Gasteiger partial charge >= 0.3 is 0 Å². The highest BCUT2D eigenvalue weighted by Crippen LogP contribution is 2.02. The predicted octanol–water partition coefficient (Wildman–Crippen LogP) is -0.0521. The summed E-state index contributed by atoms with van der Waals surface area (Å²) in [6.45, 7) is 1.81. The van der Waals surface area contributed by atoms with Gasteiger partial charge in [0.15, 0.2) is 5.82 Å². The Bertz CT molecular complexity index is 403. The number of aromatic nitrogens is 5. The summed E-state index contributed by atoms with van der Waals surface area (Å²) in [4.78, 5) is 9.41. The zero-order valence-electron chi connectivity index (χ0n) is 7.05. The third-order valence-electron chi connectivity index (χ3n) is 1.51. The molecule has 66 valence electrons. The van der Waals surface area contributed by atoms with E-state index in [-0.39, 0.29) is 0 Å². The van der Waals surface area contributed by atoms with Crippen LogP contribution in [0.3, 0.4) is 0 Å². The van der Waals surface area contributed by atoms with Gasteiger partial charge in [0.25, 0.3) is 0 Å². The van der Waals surface area contributed by atoms with Crippen molar-refractivity contribution in [1.82, 2.24) is 25.0 Å². The zero-order chi connectivity index (χ0) is 9.26. The molecule has 0 atom stereocenters. The second-order valence-electron chi connectivity index (χ2n) is 2.55. The average molecular weight is 176 g/mol. The molecule has 2 aromatic rings. The summed E-state index contributed by atoms with van der Waals surface area (Å²) in [5.74, 6) is 1.09. The van der Waals surface area contributed by atoms with Crippen molar-refractivity contribution in [3.05, 3.63) is 24.4 Å². The molecule has 0 fully saturated rings. The fourth-order valence-electron chi connectivity index (χ4n) is 0.888. The van der Waals surface area contributed by atoms with E-state index in [0.29, 0.717) is 17.3 Å². The maximum absolute atomic E-state index is 5.41. The Hall–Kier alpha value is -1.98. The van der Waals surface area contributed by atoms with Crippen molar-refractivity contribution in [3.63, 3.8) is 0 Å². The maximum Gasteiger partial charge on any atom is 0.166 e. The molecule has 6 nitrogen and oxygen atoms in total. The van der Waals surface area contributed by atoms with Crippen molar-refractivity contribution in [2.75, 3.05) is 5.73 Å². The average Bonchev–Trinajstić information content (AvgIpc) is 2.53. The zero-order valence-corrected chi connectivity index (χ0v) is 7.05. The summed E-state index contributed by atoms with van der Waals surface area (Å²) in [7, 11) is 0. The van der Waals surface area contributed by atoms with Gasteiger partial charge in [0.1, 0.15) is 11.5 Å². The van der Waals surface area contributed by atoms with Crippen molar-refractivity contribution in [2.24, 2.45) is 0 Å². The standard InChI is InChI=1S/C7H8N6/c1-5-9-2-6(3-10-5)13-11-4-7(8)12-13/h2-4H,1H3,(H2,8,12).